The van der Waals surface area contributed by atoms with Crippen molar-refractivity contribution in [1.82, 2.24) is 9.36 Å². The maximum Gasteiger partial charge on any atom is 0.207 e. The minimum absolute atomic E-state index is 0.0173. The number of hydrogen-bond acceptors (Lipinski definition) is 5. The SMILES string of the molecule is CC1(C)COCN1c1nc(-c2ccc(Br)cc2)ns1. The number of benzene rings is 1. The Morgan fingerprint density at radius 3 is 2.68 bits per heavy atom. The summed E-state index contributed by atoms with van der Waals surface area (Å²) in [4.78, 5) is 6.79. The lowest BCUT2D eigenvalue weighted by Crippen LogP contribution is -2.40. The predicted molar refractivity (Wildman–Crippen MR) is 80.4 cm³/mol. The lowest BCUT2D eigenvalue weighted by atomic mass is 10.1. The minimum Gasteiger partial charge on any atom is -0.359 e. The van der Waals surface area contributed by atoms with Gasteiger partial charge in [-0.1, -0.05) is 28.1 Å². The van der Waals surface area contributed by atoms with Crippen LogP contribution in [0.2, 0.25) is 0 Å². The summed E-state index contributed by atoms with van der Waals surface area (Å²) in [6.07, 6.45) is 0. The van der Waals surface area contributed by atoms with Crippen LogP contribution < -0.4 is 4.90 Å². The zero-order valence-electron chi connectivity index (χ0n) is 10.8. The molecule has 2 aromatic rings. The molecule has 1 aromatic heterocycles. The molecule has 1 aromatic carbocycles. The van der Waals surface area contributed by atoms with Crippen LogP contribution in [-0.2, 0) is 4.74 Å². The molecule has 6 heteroatoms. The molecule has 0 amide bonds. The fourth-order valence-corrected chi connectivity index (χ4v) is 3.10. The van der Waals surface area contributed by atoms with Crippen LogP contribution in [0.3, 0.4) is 0 Å². The Morgan fingerprint density at radius 2 is 2.05 bits per heavy atom. The van der Waals surface area contributed by atoms with Gasteiger partial charge in [0, 0.05) is 21.6 Å². The van der Waals surface area contributed by atoms with Crippen LogP contribution in [0, 0.1) is 0 Å². The quantitative estimate of drug-likeness (QED) is 0.838. The third-order valence-corrected chi connectivity index (χ3v) is 4.42. The molecule has 100 valence electrons. The van der Waals surface area contributed by atoms with E-state index in [2.05, 4.69) is 44.0 Å². The second-order valence-corrected chi connectivity index (χ2v) is 6.77. The molecule has 1 aliphatic heterocycles. The fourth-order valence-electron chi connectivity index (χ4n) is 1.99. The zero-order valence-corrected chi connectivity index (χ0v) is 13.2. The molecule has 3 rings (SSSR count). The summed E-state index contributed by atoms with van der Waals surface area (Å²) < 4.78 is 11.0. The highest BCUT2D eigenvalue weighted by Gasteiger charge is 2.35. The molecule has 1 saturated heterocycles. The first-order valence-corrected chi connectivity index (χ1v) is 7.58. The van der Waals surface area contributed by atoms with Crippen LogP contribution in [0.5, 0.6) is 0 Å². The molecule has 0 radical (unpaired) electrons. The average molecular weight is 340 g/mol. The van der Waals surface area contributed by atoms with E-state index >= 15 is 0 Å². The number of anilines is 1. The van der Waals surface area contributed by atoms with E-state index in [1.165, 1.54) is 11.5 Å². The van der Waals surface area contributed by atoms with Crippen molar-refractivity contribution in [2.75, 3.05) is 18.2 Å². The molecular weight excluding hydrogens is 326 g/mol. The van der Waals surface area contributed by atoms with Gasteiger partial charge in [0.2, 0.25) is 5.13 Å². The summed E-state index contributed by atoms with van der Waals surface area (Å²) in [5, 5.41) is 0.917. The summed E-state index contributed by atoms with van der Waals surface area (Å²) >= 11 is 4.85. The van der Waals surface area contributed by atoms with Gasteiger partial charge in [0.1, 0.15) is 6.73 Å². The molecule has 2 heterocycles. The average Bonchev–Trinajstić information content (AvgIpc) is 2.96. The molecule has 1 aliphatic rings. The van der Waals surface area contributed by atoms with Gasteiger partial charge in [-0.25, -0.2) is 0 Å². The summed E-state index contributed by atoms with van der Waals surface area (Å²) in [7, 11) is 0. The van der Waals surface area contributed by atoms with Crippen molar-refractivity contribution in [2.45, 2.75) is 19.4 Å². The number of rotatable bonds is 2. The molecule has 0 saturated carbocycles. The molecule has 1 fully saturated rings. The molecule has 0 atom stereocenters. The lowest BCUT2D eigenvalue weighted by Gasteiger charge is -2.27. The van der Waals surface area contributed by atoms with Crippen LogP contribution in [0.25, 0.3) is 11.4 Å². The van der Waals surface area contributed by atoms with Crippen LogP contribution >= 0.6 is 27.5 Å². The molecule has 0 spiro atoms. The van der Waals surface area contributed by atoms with E-state index in [0.717, 1.165) is 27.6 Å². The maximum absolute atomic E-state index is 5.52. The van der Waals surface area contributed by atoms with Gasteiger partial charge in [-0.05, 0) is 26.0 Å². The van der Waals surface area contributed by atoms with Gasteiger partial charge >= 0.3 is 0 Å². The van der Waals surface area contributed by atoms with Crippen LogP contribution in [0.1, 0.15) is 13.8 Å². The van der Waals surface area contributed by atoms with Gasteiger partial charge in [-0.3, -0.25) is 0 Å². The number of aromatic nitrogens is 2. The van der Waals surface area contributed by atoms with Gasteiger partial charge < -0.3 is 9.64 Å². The third-order valence-electron chi connectivity index (χ3n) is 3.15. The lowest BCUT2D eigenvalue weighted by molar-refractivity contribution is 0.184. The molecule has 0 aliphatic carbocycles. The first-order valence-electron chi connectivity index (χ1n) is 6.01. The van der Waals surface area contributed by atoms with Crippen LogP contribution in [0.4, 0.5) is 5.13 Å². The van der Waals surface area contributed by atoms with Crippen molar-refractivity contribution >= 4 is 32.6 Å². The highest BCUT2D eigenvalue weighted by molar-refractivity contribution is 9.10. The molecule has 4 nitrogen and oxygen atoms in total. The van der Waals surface area contributed by atoms with Gasteiger partial charge in [-0.2, -0.15) is 9.36 Å². The first-order chi connectivity index (χ1) is 9.06. The minimum atomic E-state index is -0.0173. The van der Waals surface area contributed by atoms with Crippen molar-refractivity contribution in [3.8, 4) is 11.4 Å². The summed E-state index contributed by atoms with van der Waals surface area (Å²) in [6.45, 7) is 5.61. The molecule has 19 heavy (non-hydrogen) atoms. The maximum atomic E-state index is 5.52. The highest BCUT2D eigenvalue weighted by Crippen LogP contribution is 2.32. The van der Waals surface area contributed by atoms with E-state index in [0.29, 0.717) is 6.73 Å². The Bertz CT molecular complexity index is 582. The van der Waals surface area contributed by atoms with E-state index in [9.17, 15) is 0 Å². The zero-order chi connectivity index (χ0) is 13.5. The fraction of sp³-hybridized carbons (Fsp3) is 0.385. The first kappa shape index (κ1) is 13.0. The molecule has 0 bridgehead atoms. The van der Waals surface area contributed by atoms with E-state index in [1.54, 1.807) is 0 Å². The normalized spacial score (nSPS) is 17.9. The van der Waals surface area contributed by atoms with Crippen molar-refractivity contribution in [3.05, 3.63) is 28.7 Å². The number of ether oxygens (including phenoxy) is 1. The Kier molecular flexibility index (Phi) is 3.32. The predicted octanol–water partition coefficient (Wildman–Crippen LogP) is 3.54. The third kappa shape index (κ3) is 2.52. The van der Waals surface area contributed by atoms with Gasteiger partial charge in [0.25, 0.3) is 0 Å². The van der Waals surface area contributed by atoms with Gasteiger partial charge in [-0.15, -0.1) is 0 Å². The summed E-state index contributed by atoms with van der Waals surface area (Å²) in [5.74, 6) is 0.773. The number of nitrogens with zero attached hydrogens (tertiary/aromatic N) is 3. The van der Waals surface area contributed by atoms with E-state index in [-0.39, 0.29) is 5.54 Å². The van der Waals surface area contributed by atoms with Gasteiger partial charge in [0.15, 0.2) is 5.82 Å². The standard InChI is InChI=1S/C13H14BrN3OS/c1-13(2)7-18-8-17(13)12-15-11(16-19-12)9-3-5-10(14)6-4-9/h3-6H,7-8H2,1-2H3. The number of halogens is 1. The topological polar surface area (TPSA) is 38.2 Å². The van der Waals surface area contributed by atoms with Crippen LogP contribution in [-0.4, -0.2) is 28.2 Å². The molecular formula is C13H14BrN3OS. The smallest absolute Gasteiger partial charge is 0.207 e. The second-order valence-electron chi connectivity index (χ2n) is 5.13. The van der Waals surface area contributed by atoms with Gasteiger partial charge in [0.05, 0.1) is 12.1 Å². The Labute approximate surface area is 124 Å². The Hall–Kier alpha value is -0.980. The van der Waals surface area contributed by atoms with Crippen molar-refractivity contribution in [1.29, 1.82) is 0 Å². The van der Waals surface area contributed by atoms with Crippen LogP contribution in [0.15, 0.2) is 28.7 Å². The Morgan fingerprint density at radius 1 is 1.32 bits per heavy atom. The molecule has 0 unspecified atom stereocenters. The summed E-state index contributed by atoms with van der Waals surface area (Å²) in [5.41, 5.74) is 1.01. The number of hydrogen-bond donors (Lipinski definition) is 0. The Balaban J connectivity index is 1.89. The van der Waals surface area contributed by atoms with Crippen molar-refractivity contribution in [2.24, 2.45) is 0 Å². The summed E-state index contributed by atoms with van der Waals surface area (Å²) in [6, 6.07) is 8.03. The van der Waals surface area contributed by atoms with E-state index < -0.39 is 0 Å². The van der Waals surface area contributed by atoms with Crippen molar-refractivity contribution in [3.63, 3.8) is 0 Å². The highest BCUT2D eigenvalue weighted by atomic mass is 79.9. The molecule has 0 N–H and O–H groups in total. The monoisotopic (exact) mass is 339 g/mol. The second kappa shape index (κ2) is 4.85. The van der Waals surface area contributed by atoms with E-state index in [4.69, 9.17) is 4.74 Å². The van der Waals surface area contributed by atoms with E-state index in [1.807, 2.05) is 24.3 Å². The van der Waals surface area contributed by atoms with Crippen molar-refractivity contribution < 1.29 is 4.74 Å². The largest absolute Gasteiger partial charge is 0.359 e.